The molecule has 0 saturated heterocycles. The highest BCUT2D eigenvalue weighted by Crippen LogP contribution is 2.28. The van der Waals surface area contributed by atoms with E-state index < -0.39 is 0 Å². The number of allylic oxidation sites excluding steroid dienone is 2. The molecule has 0 radical (unpaired) electrons. The van der Waals surface area contributed by atoms with E-state index in [0.29, 0.717) is 5.82 Å². The van der Waals surface area contributed by atoms with Crippen molar-refractivity contribution in [2.24, 2.45) is 16.0 Å². The number of fused-ring (bicyclic) bond motifs is 1. The predicted octanol–water partition coefficient (Wildman–Crippen LogP) is 1.84. The first kappa shape index (κ1) is 6.79. The van der Waals surface area contributed by atoms with Crippen LogP contribution < -0.4 is 5.73 Å². The van der Waals surface area contributed by atoms with E-state index in [4.69, 9.17) is 5.73 Å². The van der Waals surface area contributed by atoms with Crippen molar-refractivity contribution < 1.29 is 0 Å². The van der Waals surface area contributed by atoms with Gasteiger partial charge in [0.25, 0.3) is 0 Å². The molecular formula is C7H6BrN3. The molecule has 0 aromatic heterocycles. The van der Waals surface area contributed by atoms with Gasteiger partial charge in [0, 0.05) is 10.1 Å². The summed E-state index contributed by atoms with van der Waals surface area (Å²) in [5, 5.41) is 7.73. The van der Waals surface area contributed by atoms with Gasteiger partial charge in [-0.2, -0.15) is 5.11 Å². The van der Waals surface area contributed by atoms with Crippen molar-refractivity contribution in [1.82, 2.24) is 0 Å². The van der Waals surface area contributed by atoms with Crippen LogP contribution >= 0.6 is 15.9 Å². The molecule has 2 rings (SSSR count). The Labute approximate surface area is 72.5 Å². The van der Waals surface area contributed by atoms with Crippen LogP contribution in [-0.2, 0) is 0 Å². The fourth-order valence-corrected chi connectivity index (χ4v) is 1.48. The van der Waals surface area contributed by atoms with Gasteiger partial charge in [0.1, 0.15) is 6.04 Å². The number of hydrogen-bond donors (Lipinski definition) is 1. The molecule has 56 valence electrons. The number of hydrogen-bond acceptors (Lipinski definition) is 3. The maximum atomic E-state index is 5.57. The third kappa shape index (κ3) is 1.03. The number of rotatable bonds is 0. The van der Waals surface area contributed by atoms with Crippen molar-refractivity contribution in [3.63, 3.8) is 0 Å². The molecule has 0 bridgehead atoms. The lowest BCUT2D eigenvalue weighted by atomic mass is 10.0. The normalized spacial score (nSPS) is 27.4. The molecule has 0 spiro atoms. The maximum absolute atomic E-state index is 5.57. The van der Waals surface area contributed by atoms with Crippen LogP contribution in [0.2, 0.25) is 0 Å². The average Bonchev–Trinajstić information content (AvgIpc) is 2.33. The molecular weight excluding hydrogens is 206 g/mol. The quantitative estimate of drug-likeness (QED) is 0.654. The van der Waals surface area contributed by atoms with Crippen LogP contribution in [0.4, 0.5) is 0 Å². The van der Waals surface area contributed by atoms with E-state index in [9.17, 15) is 0 Å². The van der Waals surface area contributed by atoms with E-state index >= 15 is 0 Å². The van der Waals surface area contributed by atoms with Gasteiger partial charge >= 0.3 is 0 Å². The Balaban J connectivity index is 2.46. The summed E-state index contributed by atoms with van der Waals surface area (Å²) in [4.78, 5) is 0. The molecule has 0 aromatic carbocycles. The van der Waals surface area contributed by atoms with Crippen LogP contribution in [0.1, 0.15) is 0 Å². The average molecular weight is 212 g/mol. The monoisotopic (exact) mass is 211 g/mol. The van der Waals surface area contributed by atoms with Crippen molar-refractivity contribution in [2.75, 3.05) is 0 Å². The van der Waals surface area contributed by atoms with Crippen LogP contribution in [-0.4, -0.2) is 6.04 Å². The van der Waals surface area contributed by atoms with Gasteiger partial charge in [0.2, 0.25) is 0 Å². The maximum Gasteiger partial charge on any atom is 0.151 e. The second-order valence-electron chi connectivity index (χ2n) is 2.39. The van der Waals surface area contributed by atoms with Crippen molar-refractivity contribution in [3.05, 3.63) is 34.1 Å². The molecule has 1 aliphatic carbocycles. The second kappa shape index (κ2) is 2.30. The first-order valence-electron chi connectivity index (χ1n) is 3.23. The van der Waals surface area contributed by atoms with Gasteiger partial charge in [-0.1, -0.05) is 22.0 Å². The van der Waals surface area contributed by atoms with Crippen LogP contribution in [0.5, 0.6) is 0 Å². The summed E-state index contributed by atoms with van der Waals surface area (Å²) in [6, 6.07) is 0.0521. The number of nitrogens with two attached hydrogens (primary N) is 1. The Morgan fingerprint density at radius 1 is 1.55 bits per heavy atom. The lowest BCUT2D eigenvalue weighted by molar-refractivity contribution is 0.943. The number of nitrogens with zero attached hydrogens (tertiary/aromatic N) is 2. The molecule has 3 nitrogen and oxygen atoms in total. The van der Waals surface area contributed by atoms with E-state index in [1.165, 1.54) is 0 Å². The smallest absolute Gasteiger partial charge is 0.151 e. The minimum Gasteiger partial charge on any atom is -0.382 e. The number of azo groups is 1. The Bertz CT molecular complexity index is 312. The van der Waals surface area contributed by atoms with Gasteiger partial charge < -0.3 is 5.73 Å². The molecule has 4 heteroatoms. The Hall–Kier alpha value is -0.900. The van der Waals surface area contributed by atoms with Crippen LogP contribution in [0.3, 0.4) is 0 Å². The van der Waals surface area contributed by atoms with Gasteiger partial charge in [-0.3, -0.25) is 0 Å². The zero-order valence-electron chi connectivity index (χ0n) is 5.66. The van der Waals surface area contributed by atoms with Crippen LogP contribution in [0.15, 0.2) is 44.3 Å². The first-order chi connectivity index (χ1) is 5.27. The lowest BCUT2D eigenvalue weighted by Gasteiger charge is -2.07. The zero-order chi connectivity index (χ0) is 7.84. The van der Waals surface area contributed by atoms with E-state index in [2.05, 4.69) is 26.2 Å². The molecule has 0 fully saturated rings. The summed E-state index contributed by atoms with van der Waals surface area (Å²) in [6.45, 7) is 0. The van der Waals surface area contributed by atoms with Gasteiger partial charge in [-0.05, 0) is 12.2 Å². The van der Waals surface area contributed by atoms with Crippen molar-refractivity contribution in [2.45, 2.75) is 6.04 Å². The highest BCUT2D eigenvalue weighted by atomic mass is 79.9. The molecule has 0 unspecified atom stereocenters. The van der Waals surface area contributed by atoms with Crippen LogP contribution in [0.25, 0.3) is 0 Å². The molecule has 0 saturated carbocycles. The van der Waals surface area contributed by atoms with E-state index in [-0.39, 0.29) is 6.04 Å². The third-order valence-corrected chi connectivity index (χ3v) is 2.13. The fourth-order valence-electron chi connectivity index (χ4n) is 1.08. The third-order valence-electron chi connectivity index (χ3n) is 1.64. The molecule has 1 aliphatic heterocycles. The van der Waals surface area contributed by atoms with Crippen molar-refractivity contribution in [3.8, 4) is 0 Å². The summed E-state index contributed by atoms with van der Waals surface area (Å²) >= 11 is 3.35. The van der Waals surface area contributed by atoms with Crippen molar-refractivity contribution in [1.29, 1.82) is 0 Å². The lowest BCUT2D eigenvalue weighted by Crippen LogP contribution is -2.06. The van der Waals surface area contributed by atoms with E-state index in [1.807, 2.05) is 18.2 Å². The molecule has 1 heterocycles. The Morgan fingerprint density at radius 2 is 2.36 bits per heavy atom. The van der Waals surface area contributed by atoms with Gasteiger partial charge in [-0.15, -0.1) is 5.11 Å². The topological polar surface area (TPSA) is 50.7 Å². The largest absolute Gasteiger partial charge is 0.382 e. The number of halogens is 1. The summed E-state index contributed by atoms with van der Waals surface area (Å²) in [5.41, 5.74) is 6.56. The van der Waals surface area contributed by atoms with Gasteiger partial charge in [0.15, 0.2) is 5.82 Å². The Morgan fingerprint density at radius 3 is 3.18 bits per heavy atom. The summed E-state index contributed by atoms with van der Waals surface area (Å²) in [7, 11) is 0. The minimum atomic E-state index is 0.0521. The summed E-state index contributed by atoms with van der Waals surface area (Å²) in [5.74, 6) is 0.524. The van der Waals surface area contributed by atoms with E-state index in [1.54, 1.807) is 0 Å². The van der Waals surface area contributed by atoms with Gasteiger partial charge in [0.05, 0.1) is 0 Å². The zero-order valence-corrected chi connectivity index (χ0v) is 7.25. The molecule has 0 amide bonds. The molecule has 0 aromatic rings. The highest BCUT2D eigenvalue weighted by Gasteiger charge is 2.20. The van der Waals surface area contributed by atoms with Crippen molar-refractivity contribution >= 4 is 15.9 Å². The van der Waals surface area contributed by atoms with Gasteiger partial charge in [-0.25, -0.2) is 0 Å². The highest BCUT2D eigenvalue weighted by molar-refractivity contribution is 9.11. The second-order valence-corrected chi connectivity index (χ2v) is 3.30. The fraction of sp³-hybridized carbons (Fsp3) is 0.143. The standard InChI is InChI=1S/C7H6BrN3/c8-4-1-2-6-5(3-4)7(9)11-10-6/h1-3,6H,9H2/t6-/m1/s1. The first-order valence-corrected chi connectivity index (χ1v) is 4.02. The minimum absolute atomic E-state index is 0.0521. The molecule has 11 heavy (non-hydrogen) atoms. The molecule has 1 atom stereocenters. The van der Waals surface area contributed by atoms with E-state index in [0.717, 1.165) is 10.1 Å². The predicted molar refractivity (Wildman–Crippen MR) is 46.0 cm³/mol. The summed E-state index contributed by atoms with van der Waals surface area (Å²) < 4.78 is 1.01. The SMILES string of the molecule is NC1=C2C=C(Br)C=C[C@H]2N=N1. The summed E-state index contributed by atoms with van der Waals surface area (Å²) in [6.07, 6.45) is 5.86. The van der Waals surface area contributed by atoms with Crippen LogP contribution in [0, 0.1) is 0 Å². The molecule has 2 N–H and O–H groups in total. The Kier molecular flexibility index (Phi) is 1.42. The molecule has 2 aliphatic rings.